The Morgan fingerprint density at radius 2 is 1.91 bits per heavy atom. The molecular weight excluding hydrogens is 388 g/mol. The van der Waals surface area contributed by atoms with Gasteiger partial charge in [-0.3, -0.25) is 14.8 Å². The van der Waals surface area contributed by atoms with Gasteiger partial charge in [0.15, 0.2) is 5.75 Å². The zero-order valence-corrected chi connectivity index (χ0v) is 14.6. The van der Waals surface area contributed by atoms with E-state index in [0.717, 1.165) is 10.5 Å². The summed E-state index contributed by atoms with van der Waals surface area (Å²) in [5.41, 5.74) is 0.695. The third kappa shape index (κ3) is 3.80. The molecule has 0 atom stereocenters. The van der Waals surface area contributed by atoms with Crippen molar-refractivity contribution in [1.82, 2.24) is 0 Å². The van der Waals surface area contributed by atoms with Gasteiger partial charge in [0.1, 0.15) is 0 Å². The number of methoxy groups -OCH3 is 1. The number of anilines is 1. The van der Waals surface area contributed by atoms with Crippen molar-refractivity contribution < 1.29 is 18.1 Å². The lowest BCUT2D eigenvalue weighted by Crippen LogP contribution is -2.14. The highest BCUT2D eigenvalue weighted by Gasteiger charge is 2.22. The summed E-state index contributed by atoms with van der Waals surface area (Å²) in [4.78, 5) is 10.1. The van der Waals surface area contributed by atoms with Gasteiger partial charge in [-0.1, -0.05) is 15.9 Å². The second-order valence-electron chi connectivity index (χ2n) is 4.66. The molecule has 0 spiro atoms. The minimum absolute atomic E-state index is 0.00577. The van der Waals surface area contributed by atoms with Crippen molar-refractivity contribution in [2.75, 3.05) is 11.8 Å². The molecule has 2 aromatic carbocycles. The highest BCUT2D eigenvalue weighted by molar-refractivity contribution is 9.10. The van der Waals surface area contributed by atoms with Crippen molar-refractivity contribution in [3.8, 4) is 5.75 Å². The predicted octanol–water partition coefficient (Wildman–Crippen LogP) is 3.48. The van der Waals surface area contributed by atoms with Gasteiger partial charge in [0.2, 0.25) is 0 Å². The Balaban J connectivity index is 2.43. The maximum atomic E-state index is 12.4. The SMILES string of the molecule is COc1ccc(S(=O)(=O)Nc2ccc(Br)cc2C)cc1[N+](=O)[O-]. The third-order valence-electron chi connectivity index (χ3n) is 3.09. The number of nitro benzene ring substituents is 1. The van der Waals surface area contributed by atoms with E-state index in [1.165, 1.54) is 19.2 Å². The Kier molecular flexibility index (Phi) is 4.90. The first-order valence-corrected chi connectivity index (χ1v) is 8.63. The highest BCUT2D eigenvalue weighted by Crippen LogP contribution is 2.30. The fourth-order valence-corrected chi connectivity index (χ4v) is 3.55. The van der Waals surface area contributed by atoms with Gasteiger partial charge in [0.25, 0.3) is 10.0 Å². The number of hydrogen-bond acceptors (Lipinski definition) is 5. The first kappa shape index (κ1) is 17.2. The second-order valence-corrected chi connectivity index (χ2v) is 7.25. The molecule has 9 heteroatoms. The van der Waals surface area contributed by atoms with Crippen LogP contribution in [0.4, 0.5) is 11.4 Å². The molecule has 0 aromatic heterocycles. The number of aryl methyl sites for hydroxylation is 1. The van der Waals surface area contributed by atoms with E-state index in [1.807, 2.05) is 0 Å². The molecule has 0 aliphatic carbocycles. The van der Waals surface area contributed by atoms with Crippen molar-refractivity contribution in [3.63, 3.8) is 0 Å². The summed E-state index contributed by atoms with van der Waals surface area (Å²) < 4.78 is 33.0. The number of ether oxygens (including phenoxy) is 1. The number of benzene rings is 2. The van der Waals surface area contributed by atoms with E-state index >= 15 is 0 Å². The normalized spacial score (nSPS) is 11.1. The molecule has 0 aliphatic heterocycles. The molecule has 23 heavy (non-hydrogen) atoms. The molecule has 1 N–H and O–H groups in total. The minimum atomic E-state index is -3.95. The molecule has 0 unspecified atom stereocenters. The molecule has 0 fully saturated rings. The lowest BCUT2D eigenvalue weighted by atomic mass is 10.2. The third-order valence-corrected chi connectivity index (χ3v) is 4.95. The van der Waals surface area contributed by atoms with Crippen LogP contribution in [0.2, 0.25) is 0 Å². The van der Waals surface area contributed by atoms with E-state index in [2.05, 4.69) is 20.7 Å². The fourth-order valence-electron chi connectivity index (χ4n) is 1.92. The first-order valence-electron chi connectivity index (χ1n) is 6.36. The lowest BCUT2D eigenvalue weighted by molar-refractivity contribution is -0.386. The molecule has 0 aliphatic rings. The van der Waals surface area contributed by atoms with E-state index < -0.39 is 20.6 Å². The van der Waals surface area contributed by atoms with E-state index in [1.54, 1.807) is 25.1 Å². The number of nitro groups is 1. The van der Waals surface area contributed by atoms with Gasteiger partial charge >= 0.3 is 5.69 Å². The fraction of sp³-hybridized carbons (Fsp3) is 0.143. The maximum absolute atomic E-state index is 12.4. The molecule has 0 amide bonds. The van der Waals surface area contributed by atoms with Crippen molar-refractivity contribution >= 4 is 37.3 Å². The lowest BCUT2D eigenvalue weighted by Gasteiger charge is -2.11. The van der Waals surface area contributed by atoms with Crippen LogP contribution >= 0.6 is 15.9 Å². The van der Waals surface area contributed by atoms with Crippen LogP contribution in [0, 0.1) is 17.0 Å². The quantitative estimate of drug-likeness (QED) is 0.611. The first-order chi connectivity index (χ1) is 10.7. The zero-order valence-electron chi connectivity index (χ0n) is 12.2. The number of sulfonamides is 1. The molecule has 0 bridgehead atoms. The largest absolute Gasteiger partial charge is 0.490 e. The van der Waals surface area contributed by atoms with Crippen LogP contribution in [0.15, 0.2) is 45.8 Å². The van der Waals surface area contributed by atoms with Gasteiger partial charge in [0, 0.05) is 10.5 Å². The topological polar surface area (TPSA) is 98.5 Å². The van der Waals surface area contributed by atoms with Gasteiger partial charge in [-0.2, -0.15) is 0 Å². The summed E-state index contributed by atoms with van der Waals surface area (Å²) in [6, 6.07) is 8.53. The molecule has 0 heterocycles. The molecular formula is C14H13BrN2O5S. The maximum Gasteiger partial charge on any atom is 0.312 e. The van der Waals surface area contributed by atoms with Crippen LogP contribution in [-0.2, 0) is 10.0 Å². The molecule has 2 rings (SSSR count). The van der Waals surface area contributed by atoms with Crippen LogP contribution < -0.4 is 9.46 Å². The molecule has 0 saturated carbocycles. The van der Waals surface area contributed by atoms with Gasteiger partial charge in [-0.25, -0.2) is 8.42 Å². The Morgan fingerprint density at radius 3 is 2.48 bits per heavy atom. The van der Waals surface area contributed by atoms with E-state index in [0.29, 0.717) is 11.3 Å². The smallest absolute Gasteiger partial charge is 0.312 e. The van der Waals surface area contributed by atoms with Gasteiger partial charge < -0.3 is 4.74 Å². The summed E-state index contributed by atoms with van der Waals surface area (Å²) in [7, 11) is -2.68. The number of rotatable bonds is 5. The number of hydrogen-bond donors (Lipinski definition) is 1. The highest BCUT2D eigenvalue weighted by atomic mass is 79.9. The summed E-state index contributed by atoms with van der Waals surface area (Å²) >= 11 is 3.30. The van der Waals surface area contributed by atoms with E-state index in [9.17, 15) is 18.5 Å². The van der Waals surface area contributed by atoms with Gasteiger partial charge in [-0.15, -0.1) is 0 Å². The summed E-state index contributed by atoms with van der Waals surface area (Å²) in [5, 5.41) is 11.0. The summed E-state index contributed by atoms with van der Waals surface area (Å²) in [6.45, 7) is 1.75. The number of nitrogens with one attached hydrogen (secondary N) is 1. The molecule has 7 nitrogen and oxygen atoms in total. The Hall–Kier alpha value is -2.13. The van der Waals surface area contributed by atoms with Crippen molar-refractivity contribution in [3.05, 3.63) is 56.5 Å². The summed E-state index contributed by atoms with van der Waals surface area (Å²) in [6.07, 6.45) is 0. The van der Waals surface area contributed by atoms with Gasteiger partial charge in [-0.05, 0) is 42.8 Å². The van der Waals surface area contributed by atoms with Crippen LogP contribution in [0.25, 0.3) is 0 Å². The number of halogens is 1. The Bertz CT molecular complexity index is 867. The molecule has 122 valence electrons. The Labute approximate surface area is 141 Å². The van der Waals surface area contributed by atoms with Crippen LogP contribution in [0.5, 0.6) is 5.75 Å². The van der Waals surface area contributed by atoms with E-state index in [4.69, 9.17) is 4.74 Å². The van der Waals surface area contributed by atoms with E-state index in [-0.39, 0.29) is 10.6 Å². The number of nitrogens with zero attached hydrogens (tertiary/aromatic N) is 1. The zero-order chi connectivity index (χ0) is 17.2. The van der Waals surface area contributed by atoms with Crippen molar-refractivity contribution in [2.24, 2.45) is 0 Å². The second kappa shape index (κ2) is 6.55. The van der Waals surface area contributed by atoms with Crippen molar-refractivity contribution in [2.45, 2.75) is 11.8 Å². The predicted molar refractivity (Wildman–Crippen MR) is 89.3 cm³/mol. The van der Waals surface area contributed by atoms with Crippen LogP contribution in [-0.4, -0.2) is 20.5 Å². The molecule has 0 radical (unpaired) electrons. The monoisotopic (exact) mass is 400 g/mol. The Morgan fingerprint density at radius 1 is 1.22 bits per heavy atom. The average molecular weight is 401 g/mol. The average Bonchev–Trinajstić information content (AvgIpc) is 2.49. The van der Waals surface area contributed by atoms with Crippen molar-refractivity contribution in [1.29, 1.82) is 0 Å². The van der Waals surface area contributed by atoms with Crippen LogP contribution in [0.1, 0.15) is 5.56 Å². The minimum Gasteiger partial charge on any atom is -0.490 e. The standard InChI is InChI=1S/C14H13BrN2O5S/c1-9-7-10(15)3-5-12(9)16-23(20,21)11-4-6-14(22-2)13(8-11)17(18)19/h3-8,16H,1-2H3. The molecule has 2 aromatic rings. The van der Waals surface area contributed by atoms with Gasteiger partial charge in [0.05, 0.1) is 22.6 Å². The summed E-state index contributed by atoms with van der Waals surface area (Å²) in [5.74, 6) is -0.00577. The van der Waals surface area contributed by atoms with Crippen LogP contribution in [0.3, 0.4) is 0 Å². The molecule has 0 saturated heterocycles.